The molecule has 1 aliphatic carbocycles. The molecule has 0 fully saturated rings. The lowest BCUT2D eigenvalue weighted by atomic mass is 9.91. The second kappa shape index (κ2) is 6.53. The number of nitro benzene ring substituents is 2. The number of hydrogen-bond acceptors (Lipinski definition) is 6. The highest BCUT2D eigenvalue weighted by atomic mass is 16.6. The van der Waals surface area contributed by atoms with Crippen LogP contribution in [0.1, 0.15) is 24.0 Å². The first kappa shape index (κ1) is 15.7. The van der Waals surface area contributed by atoms with Crippen molar-refractivity contribution in [1.29, 1.82) is 0 Å². The van der Waals surface area contributed by atoms with Gasteiger partial charge in [-0.3, -0.25) is 20.2 Å². The summed E-state index contributed by atoms with van der Waals surface area (Å²) in [5.41, 5.74) is 2.35. The molecule has 0 N–H and O–H groups in total. The van der Waals surface area contributed by atoms with E-state index in [1.54, 1.807) is 0 Å². The van der Waals surface area contributed by atoms with Crippen LogP contribution in [0.5, 0.6) is 0 Å². The van der Waals surface area contributed by atoms with E-state index in [2.05, 4.69) is 10.2 Å². The minimum absolute atomic E-state index is 0.0108. The molecule has 0 unspecified atom stereocenters. The number of aryl methyl sites for hydroxylation is 2. The number of fused-ring (bicyclic) bond motifs is 1. The molecule has 0 aromatic heterocycles. The van der Waals surface area contributed by atoms with E-state index in [0.29, 0.717) is 5.69 Å². The summed E-state index contributed by atoms with van der Waals surface area (Å²) in [6.45, 7) is 0. The molecule has 8 nitrogen and oxygen atoms in total. The number of hydrogen-bond donors (Lipinski definition) is 0. The summed E-state index contributed by atoms with van der Waals surface area (Å²) in [5, 5.41) is 29.8. The minimum Gasteiger partial charge on any atom is -0.258 e. The van der Waals surface area contributed by atoms with Gasteiger partial charge in [0.15, 0.2) is 5.69 Å². The summed E-state index contributed by atoms with van der Waals surface area (Å²) in [5.74, 6) is 0. The van der Waals surface area contributed by atoms with E-state index in [0.717, 1.165) is 25.3 Å². The summed E-state index contributed by atoms with van der Waals surface area (Å²) in [7, 11) is 0. The van der Waals surface area contributed by atoms with Gasteiger partial charge in [-0.25, -0.2) is 0 Å². The number of benzene rings is 2. The van der Waals surface area contributed by atoms with Crippen LogP contribution in [0.15, 0.2) is 46.6 Å². The molecule has 0 saturated heterocycles. The summed E-state index contributed by atoms with van der Waals surface area (Å²) in [6.07, 6.45) is 4.38. The van der Waals surface area contributed by atoms with Crippen molar-refractivity contribution in [1.82, 2.24) is 0 Å². The number of nitrogens with zero attached hydrogens (tertiary/aromatic N) is 4. The molecular formula is C16H14N4O4. The smallest absolute Gasteiger partial charge is 0.258 e. The average Bonchev–Trinajstić information content (AvgIpc) is 2.59. The first-order valence-corrected chi connectivity index (χ1v) is 7.51. The second-order valence-electron chi connectivity index (χ2n) is 5.55. The SMILES string of the molecule is O=[N+]([O-])c1ccc(N=Nc2ccc3c(c2)CCCC3)c([N+](=O)[O-])c1. The van der Waals surface area contributed by atoms with Crippen LogP contribution >= 0.6 is 0 Å². The average molecular weight is 326 g/mol. The maximum absolute atomic E-state index is 11.1. The van der Waals surface area contributed by atoms with Crippen molar-refractivity contribution in [3.8, 4) is 0 Å². The number of azo groups is 1. The van der Waals surface area contributed by atoms with Crippen LogP contribution in [0.4, 0.5) is 22.7 Å². The first-order valence-electron chi connectivity index (χ1n) is 7.51. The highest BCUT2D eigenvalue weighted by Crippen LogP contribution is 2.33. The fourth-order valence-electron chi connectivity index (χ4n) is 2.75. The van der Waals surface area contributed by atoms with E-state index >= 15 is 0 Å². The molecule has 0 aliphatic heterocycles. The molecule has 2 aromatic carbocycles. The standard InChI is InChI=1S/C16H14N4O4/c21-19(22)14-7-8-15(16(10-14)20(23)24)18-17-13-6-5-11-3-1-2-4-12(11)9-13/h5-10H,1-4H2. The van der Waals surface area contributed by atoms with Crippen molar-refractivity contribution < 1.29 is 9.85 Å². The quantitative estimate of drug-likeness (QED) is 0.456. The maximum atomic E-state index is 11.1. The van der Waals surface area contributed by atoms with Gasteiger partial charge < -0.3 is 0 Å². The maximum Gasteiger partial charge on any atom is 0.303 e. The largest absolute Gasteiger partial charge is 0.303 e. The number of rotatable bonds is 4. The van der Waals surface area contributed by atoms with Crippen molar-refractivity contribution >= 4 is 22.7 Å². The second-order valence-corrected chi connectivity index (χ2v) is 5.55. The van der Waals surface area contributed by atoms with Gasteiger partial charge in [0, 0.05) is 6.07 Å². The van der Waals surface area contributed by atoms with Gasteiger partial charge in [0.05, 0.1) is 21.6 Å². The van der Waals surface area contributed by atoms with E-state index in [-0.39, 0.29) is 11.4 Å². The van der Waals surface area contributed by atoms with E-state index < -0.39 is 15.5 Å². The van der Waals surface area contributed by atoms with Crippen LogP contribution in [-0.2, 0) is 12.8 Å². The molecular weight excluding hydrogens is 312 g/mol. The molecule has 0 saturated carbocycles. The molecule has 122 valence electrons. The van der Waals surface area contributed by atoms with Gasteiger partial charge in [0.1, 0.15) is 0 Å². The minimum atomic E-state index is -0.700. The van der Waals surface area contributed by atoms with Crippen LogP contribution in [-0.4, -0.2) is 9.85 Å². The lowest BCUT2D eigenvalue weighted by Gasteiger charge is -2.15. The predicted molar refractivity (Wildman–Crippen MR) is 87.0 cm³/mol. The van der Waals surface area contributed by atoms with Crippen LogP contribution in [0.3, 0.4) is 0 Å². The Morgan fingerprint density at radius 2 is 1.58 bits per heavy atom. The van der Waals surface area contributed by atoms with Gasteiger partial charge in [0.2, 0.25) is 0 Å². The van der Waals surface area contributed by atoms with Gasteiger partial charge in [0.25, 0.3) is 5.69 Å². The number of nitro groups is 2. The zero-order chi connectivity index (χ0) is 17.1. The van der Waals surface area contributed by atoms with Crippen LogP contribution in [0.25, 0.3) is 0 Å². The molecule has 0 bridgehead atoms. The Labute approximate surface area is 137 Å². The molecule has 8 heteroatoms. The lowest BCUT2D eigenvalue weighted by molar-refractivity contribution is -0.393. The topological polar surface area (TPSA) is 111 Å². The molecule has 0 spiro atoms. The Bertz CT molecular complexity index is 848. The molecule has 0 radical (unpaired) electrons. The van der Waals surface area contributed by atoms with Crippen LogP contribution in [0, 0.1) is 20.2 Å². The fraction of sp³-hybridized carbons (Fsp3) is 0.250. The normalized spacial score (nSPS) is 13.7. The summed E-state index contributed by atoms with van der Waals surface area (Å²) >= 11 is 0. The van der Waals surface area contributed by atoms with Crippen molar-refractivity contribution in [3.63, 3.8) is 0 Å². The summed E-state index contributed by atoms with van der Waals surface area (Å²) in [6, 6.07) is 9.07. The van der Waals surface area contributed by atoms with E-state index in [1.807, 2.05) is 18.2 Å². The zero-order valence-corrected chi connectivity index (χ0v) is 12.7. The van der Waals surface area contributed by atoms with Crippen LogP contribution in [0.2, 0.25) is 0 Å². The number of non-ortho nitro benzene ring substituents is 1. The third kappa shape index (κ3) is 3.27. The van der Waals surface area contributed by atoms with Crippen molar-refractivity contribution in [3.05, 3.63) is 67.8 Å². The molecule has 0 heterocycles. The molecule has 0 amide bonds. The monoisotopic (exact) mass is 326 g/mol. The Morgan fingerprint density at radius 1 is 0.833 bits per heavy atom. The highest BCUT2D eigenvalue weighted by Gasteiger charge is 2.19. The Balaban J connectivity index is 1.91. The molecule has 24 heavy (non-hydrogen) atoms. The van der Waals surface area contributed by atoms with E-state index in [4.69, 9.17) is 0 Å². The van der Waals surface area contributed by atoms with Gasteiger partial charge in [-0.05, 0) is 55.0 Å². The van der Waals surface area contributed by atoms with Gasteiger partial charge >= 0.3 is 5.69 Å². The molecule has 1 aliphatic rings. The summed E-state index contributed by atoms with van der Waals surface area (Å²) < 4.78 is 0. The Morgan fingerprint density at radius 3 is 2.29 bits per heavy atom. The fourth-order valence-corrected chi connectivity index (χ4v) is 2.75. The van der Waals surface area contributed by atoms with Gasteiger partial charge in [-0.1, -0.05) is 6.07 Å². The first-order chi connectivity index (χ1) is 11.5. The van der Waals surface area contributed by atoms with Gasteiger partial charge in [-0.2, -0.15) is 5.11 Å². The third-order valence-corrected chi connectivity index (χ3v) is 3.97. The molecule has 2 aromatic rings. The van der Waals surface area contributed by atoms with E-state index in [9.17, 15) is 20.2 Å². The lowest BCUT2D eigenvalue weighted by Crippen LogP contribution is -2.01. The third-order valence-electron chi connectivity index (χ3n) is 3.97. The molecule has 0 atom stereocenters. The molecule has 3 rings (SSSR count). The Hall–Kier alpha value is -3.16. The predicted octanol–water partition coefficient (Wildman–Crippen LogP) is 4.80. The highest BCUT2D eigenvalue weighted by molar-refractivity contribution is 5.61. The van der Waals surface area contributed by atoms with E-state index in [1.165, 1.54) is 29.7 Å². The van der Waals surface area contributed by atoms with Crippen molar-refractivity contribution in [2.24, 2.45) is 10.2 Å². The zero-order valence-electron chi connectivity index (χ0n) is 12.7. The van der Waals surface area contributed by atoms with Gasteiger partial charge in [-0.15, -0.1) is 5.11 Å². The van der Waals surface area contributed by atoms with Crippen molar-refractivity contribution in [2.75, 3.05) is 0 Å². The summed E-state index contributed by atoms with van der Waals surface area (Å²) in [4.78, 5) is 20.4. The Kier molecular flexibility index (Phi) is 4.28. The van der Waals surface area contributed by atoms with Crippen molar-refractivity contribution in [2.45, 2.75) is 25.7 Å². The van der Waals surface area contributed by atoms with Crippen LogP contribution < -0.4 is 0 Å².